The van der Waals surface area contributed by atoms with Gasteiger partial charge < -0.3 is 15.5 Å². The van der Waals surface area contributed by atoms with Gasteiger partial charge >= 0.3 is 0 Å². The first-order valence-electron chi connectivity index (χ1n) is 7.18. The number of likely N-dealkylation sites (N-methyl/N-ethyl adjacent to an activating group) is 1. The lowest BCUT2D eigenvalue weighted by atomic mass is 10.1. The topological polar surface area (TPSA) is 53.1 Å². The maximum absolute atomic E-state index is 4.81. The van der Waals surface area contributed by atoms with Crippen LogP contribution in [0.2, 0.25) is 0 Å². The van der Waals surface area contributed by atoms with Gasteiger partial charge in [-0.25, -0.2) is 9.97 Å². The summed E-state index contributed by atoms with van der Waals surface area (Å²) in [5.74, 6) is 1.83. The zero-order chi connectivity index (χ0) is 13.9. The van der Waals surface area contributed by atoms with Crippen LogP contribution in [0.4, 0.5) is 11.6 Å². The Bertz CT molecular complexity index is 598. The van der Waals surface area contributed by atoms with Gasteiger partial charge in [-0.2, -0.15) is 0 Å². The Hall–Kier alpha value is -1.88. The minimum atomic E-state index is 0.529. The van der Waals surface area contributed by atoms with Gasteiger partial charge in [0.05, 0.1) is 11.0 Å². The summed E-state index contributed by atoms with van der Waals surface area (Å²) in [7, 11) is 3.93. The lowest BCUT2D eigenvalue weighted by molar-refractivity contribution is 0.448. The normalized spacial score (nSPS) is 19.3. The molecular weight excluding hydrogens is 250 g/mol. The molecule has 0 spiro atoms. The van der Waals surface area contributed by atoms with Crippen LogP contribution in [0, 0.1) is 0 Å². The molecule has 2 aromatic rings. The van der Waals surface area contributed by atoms with E-state index >= 15 is 0 Å². The molecule has 5 nitrogen and oxygen atoms in total. The zero-order valence-corrected chi connectivity index (χ0v) is 12.1. The molecule has 106 valence electrons. The molecule has 0 saturated carbocycles. The van der Waals surface area contributed by atoms with Crippen molar-refractivity contribution in [1.29, 1.82) is 0 Å². The van der Waals surface area contributed by atoms with Crippen LogP contribution >= 0.6 is 0 Å². The van der Waals surface area contributed by atoms with Crippen molar-refractivity contribution in [3.8, 4) is 0 Å². The summed E-state index contributed by atoms with van der Waals surface area (Å²) in [6.45, 7) is 2.03. The number of piperidine rings is 1. The number of hydrogen-bond donors (Lipinski definition) is 2. The maximum Gasteiger partial charge on any atom is 0.172 e. The fraction of sp³-hybridized carbons (Fsp3) is 0.467. The molecule has 1 fully saturated rings. The number of aromatic nitrogens is 2. The van der Waals surface area contributed by atoms with Crippen molar-refractivity contribution >= 4 is 22.7 Å². The van der Waals surface area contributed by atoms with Crippen molar-refractivity contribution in [2.24, 2.45) is 0 Å². The van der Waals surface area contributed by atoms with E-state index in [0.29, 0.717) is 6.04 Å². The van der Waals surface area contributed by atoms with Crippen LogP contribution in [0.15, 0.2) is 24.3 Å². The third kappa shape index (κ3) is 2.41. The number of hydrogen-bond acceptors (Lipinski definition) is 5. The Balaban J connectivity index is 2.00. The largest absolute Gasteiger partial charge is 0.370 e. The van der Waals surface area contributed by atoms with E-state index in [-0.39, 0.29) is 0 Å². The van der Waals surface area contributed by atoms with Gasteiger partial charge in [0.15, 0.2) is 11.6 Å². The first-order chi connectivity index (χ1) is 9.81. The molecule has 0 aliphatic carbocycles. The SMILES string of the molecule is CNc1nc2ccccc2nc1N1CCC[C@H](NC)C1. The minimum Gasteiger partial charge on any atom is -0.370 e. The number of benzene rings is 1. The van der Waals surface area contributed by atoms with E-state index in [4.69, 9.17) is 4.98 Å². The van der Waals surface area contributed by atoms with Gasteiger partial charge in [0.2, 0.25) is 0 Å². The summed E-state index contributed by atoms with van der Waals surface area (Å²) < 4.78 is 0. The summed E-state index contributed by atoms with van der Waals surface area (Å²) in [4.78, 5) is 11.8. The number of nitrogens with zero attached hydrogens (tertiary/aromatic N) is 3. The molecule has 2 N–H and O–H groups in total. The van der Waals surface area contributed by atoms with Crippen LogP contribution in [0.25, 0.3) is 11.0 Å². The highest BCUT2D eigenvalue weighted by atomic mass is 15.2. The summed E-state index contributed by atoms with van der Waals surface area (Å²) in [6.07, 6.45) is 2.41. The van der Waals surface area contributed by atoms with E-state index < -0.39 is 0 Å². The Labute approximate surface area is 119 Å². The molecule has 1 atom stereocenters. The van der Waals surface area contributed by atoms with E-state index in [2.05, 4.69) is 20.5 Å². The molecule has 1 saturated heterocycles. The molecule has 0 bridgehead atoms. The van der Waals surface area contributed by atoms with Crippen molar-refractivity contribution in [2.45, 2.75) is 18.9 Å². The third-order valence-corrected chi connectivity index (χ3v) is 3.92. The zero-order valence-electron chi connectivity index (χ0n) is 12.1. The Morgan fingerprint density at radius 3 is 2.60 bits per heavy atom. The van der Waals surface area contributed by atoms with Gasteiger partial charge in [-0.3, -0.25) is 0 Å². The van der Waals surface area contributed by atoms with E-state index in [1.54, 1.807) is 0 Å². The fourth-order valence-electron chi connectivity index (χ4n) is 2.78. The number of nitrogens with one attached hydrogen (secondary N) is 2. The van der Waals surface area contributed by atoms with Crippen molar-refractivity contribution in [3.05, 3.63) is 24.3 Å². The second-order valence-electron chi connectivity index (χ2n) is 5.21. The molecule has 0 radical (unpaired) electrons. The highest BCUT2D eigenvalue weighted by Gasteiger charge is 2.22. The summed E-state index contributed by atoms with van der Waals surface area (Å²) in [5, 5.41) is 6.55. The van der Waals surface area contributed by atoms with E-state index in [0.717, 1.165) is 35.8 Å². The maximum atomic E-state index is 4.81. The molecule has 3 rings (SSSR count). The minimum absolute atomic E-state index is 0.529. The van der Waals surface area contributed by atoms with Gasteiger partial charge in [0.1, 0.15) is 0 Å². The van der Waals surface area contributed by atoms with E-state index in [9.17, 15) is 0 Å². The molecule has 0 amide bonds. The highest BCUT2D eigenvalue weighted by Crippen LogP contribution is 2.27. The van der Waals surface area contributed by atoms with Gasteiger partial charge in [0.25, 0.3) is 0 Å². The monoisotopic (exact) mass is 271 g/mol. The molecule has 1 aromatic carbocycles. The Morgan fingerprint density at radius 2 is 1.90 bits per heavy atom. The van der Waals surface area contributed by atoms with E-state index in [1.807, 2.05) is 38.4 Å². The van der Waals surface area contributed by atoms with Crippen molar-refractivity contribution in [1.82, 2.24) is 15.3 Å². The van der Waals surface area contributed by atoms with Gasteiger partial charge in [0, 0.05) is 26.2 Å². The average Bonchev–Trinajstić information content (AvgIpc) is 2.53. The van der Waals surface area contributed by atoms with Crippen LogP contribution in [0.5, 0.6) is 0 Å². The Kier molecular flexibility index (Phi) is 3.69. The Morgan fingerprint density at radius 1 is 1.15 bits per heavy atom. The van der Waals surface area contributed by atoms with Crippen LogP contribution in [-0.2, 0) is 0 Å². The van der Waals surface area contributed by atoms with Gasteiger partial charge in [-0.15, -0.1) is 0 Å². The van der Waals surface area contributed by atoms with Crippen LogP contribution in [-0.4, -0.2) is 43.2 Å². The smallest absolute Gasteiger partial charge is 0.172 e. The highest BCUT2D eigenvalue weighted by molar-refractivity contribution is 5.80. The quantitative estimate of drug-likeness (QED) is 0.892. The third-order valence-electron chi connectivity index (χ3n) is 3.92. The van der Waals surface area contributed by atoms with Crippen LogP contribution in [0.1, 0.15) is 12.8 Å². The molecule has 2 heterocycles. The molecule has 1 aromatic heterocycles. The van der Waals surface area contributed by atoms with Gasteiger partial charge in [-0.1, -0.05) is 12.1 Å². The first-order valence-corrected chi connectivity index (χ1v) is 7.18. The average molecular weight is 271 g/mol. The molecule has 0 unspecified atom stereocenters. The van der Waals surface area contributed by atoms with Crippen LogP contribution < -0.4 is 15.5 Å². The standard InChI is InChI=1S/C15H21N5/c1-16-11-6-5-9-20(10-11)15-14(17-2)18-12-7-3-4-8-13(12)19-15/h3-4,7-8,11,16H,5-6,9-10H2,1-2H3,(H,17,18)/t11-/m0/s1. The van der Waals surface area contributed by atoms with Crippen molar-refractivity contribution in [2.75, 3.05) is 37.4 Å². The number of para-hydroxylation sites is 2. The van der Waals surface area contributed by atoms with E-state index in [1.165, 1.54) is 12.8 Å². The molecule has 20 heavy (non-hydrogen) atoms. The molecule has 5 heteroatoms. The molecular formula is C15H21N5. The van der Waals surface area contributed by atoms with Crippen molar-refractivity contribution in [3.63, 3.8) is 0 Å². The lowest BCUT2D eigenvalue weighted by Gasteiger charge is -2.34. The predicted octanol–water partition coefficient (Wildman–Crippen LogP) is 1.86. The summed E-state index contributed by atoms with van der Waals surface area (Å²) in [6, 6.07) is 8.55. The van der Waals surface area contributed by atoms with Crippen molar-refractivity contribution < 1.29 is 0 Å². The fourth-order valence-corrected chi connectivity index (χ4v) is 2.78. The number of anilines is 2. The van der Waals surface area contributed by atoms with Gasteiger partial charge in [-0.05, 0) is 32.0 Å². The summed E-state index contributed by atoms with van der Waals surface area (Å²) >= 11 is 0. The molecule has 1 aliphatic rings. The second-order valence-corrected chi connectivity index (χ2v) is 5.21. The number of rotatable bonds is 3. The summed E-state index contributed by atoms with van der Waals surface area (Å²) in [5.41, 5.74) is 1.89. The number of fused-ring (bicyclic) bond motifs is 1. The predicted molar refractivity (Wildman–Crippen MR) is 83.4 cm³/mol. The first kappa shape index (κ1) is 13.1. The van der Waals surface area contributed by atoms with Crippen LogP contribution in [0.3, 0.4) is 0 Å². The molecule has 1 aliphatic heterocycles. The lowest BCUT2D eigenvalue weighted by Crippen LogP contribution is -2.45. The second kappa shape index (κ2) is 5.63.